The van der Waals surface area contributed by atoms with Gasteiger partial charge in [0.15, 0.2) is 0 Å². The van der Waals surface area contributed by atoms with Crippen molar-refractivity contribution in [2.45, 2.75) is 31.7 Å². The van der Waals surface area contributed by atoms with Crippen LogP contribution in [0, 0.1) is 0 Å². The molecule has 110 valence electrons. The van der Waals surface area contributed by atoms with Gasteiger partial charge < -0.3 is 16.0 Å². The van der Waals surface area contributed by atoms with Crippen molar-refractivity contribution in [2.75, 3.05) is 11.9 Å². The second-order valence-electron chi connectivity index (χ2n) is 5.42. The maximum Gasteiger partial charge on any atom is 0.242 e. The van der Waals surface area contributed by atoms with Crippen LogP contribution >= 0.6 is 0 Å². The summed E-state index contributed by atoms with van der Waals surface area (Å²) in [6, 6.07) is 5.46. The van der Waals surface area contributed by atoms with Gasteiger partial charge in [-0.1, -0.05) is 12.1 Å². The van der Waals surface area contributed by atoms with Crippen LogP contribution in [0.5, 0.6) is 0 Å². The van der Waals surface area contributed by atoms with Crippen LogP contribution in [0.3, 0.4) is 0 Å². The van der Waals surface area contributed by atoms with Crippen molar-refractivity contribution in [2.24, 2.45) is 0 Å². The molecule has 1 aromatic rings. The predicted molar refractivity (Wildman–Crippen MR) is 76.7 cm³/mol. The molecule has 2 heterocycles. The van der Waals surface area contributed by atoms with E-state index in [2.05, 4.69) is 16.0 Å². The van der Waals surface area contributed by atoms with E-state index >= 15 is 0 Å². The summed E-state index contributed by atoms with van der Waals surface area (Å²) in [6.07, 6.45) is 2.11. The molecule has 0 spiro atoms. The van der Waals surface area contributed by atoms with Crippen molar-refractivity contribution in [1.82, 2.24) is 10.6 Å². The minimum absolute atomic E-state index is 0.0208. The average molecular weight is 287 g/mol. The lowest BCUT2D eigenvalue weighted by atomic mass is 10.1. The highest BCUT2D eigenvalue weighted by atomic mass is 16.2. The Morgan fingerprint density at radius 2 is 2.14 bits per heavy atom. The van der Waals surface area contributed by atoms with E-state index in [9.17, 15) is 14.4 Å². The SMILES string of the molecule is O=C1Cc2cc(CCNC(=O)C3CCC(=O)N3)ccc2N1. The quantitative estimate of drug-likeness (QED) is 0.735. The standard InChI is InChI=1S/C15H17N3O3/c19-13-4-3-12(18-13)15(21)16-6-5-9-1-2-11-10(7-9)8-14(20)17-11/h1-2,7,12H,3-6,8H2,(H,16,21)(H,17,20)(H,18,19). The number of hydrogen-bond acceptors (Lipinski definition) is 3. The summed E-state index contributed by atoms with van der Waals surface area (Å²) < 4.78 is 0. The third-order valence-corrected chi connectivity index (χ3v) is 3.82. The molecule has 6 heteroatoms. The number of anilines is 1. The Morgan fingerprint density at radius 3 is 2.90 bits per heavy atom. The average Bonchev–Trinajstić information content (AvgIpc) is 3.03. The minimum Gasteiger partial charge on any atom is -0.354 e. The molecule has 0 aromatic heterocycles. The van der Waals surface area contributed by atoms with Crippen LogP contribution in [0.1, 0.15) is 24.0 Å². The van der Waals surface area contributed by atoms with Crippen LogP contribution in [0.25, 0.3) is 0 Å². The lowest BCUT2D eigenvalue weighted by molar-refractivity contribution is -0.125. The highest BCUT2D eigenvalue weighted by Gasteiger charge is 2.26. The Hall–Kier alpha value is -2.37. The first-order chi connectivity index (χ1) is 10.1. The van der Waals surface area contributed by atoms with Crippen LogP contribution in [-0.4, -0.2) is 30.3 Å². The zero-order valence-electron chi connectivity index (χ0n) is 11.6. The lowest BCUT2D eigenvalue weighted by Gasteiger charge is -2.11. The molecule has 1 fully saturated rings. The Morgan fingerprint density at radius 1 is 1.29 bits per heavy atom. The fraction of sp³-hybridized carbons (Fsp3) is 0.400. The summed E-state index contributed by atoms with van der Waals surface area (Å²) in [5.74, 6) is -0.169. The maximum atomic E-state index is 11.8. The van der Waals surface area contributed by atoms with Gasteiger partial charge >= 0.3 is 0 Å². The Labute approximate surface area is 122 Å². The number of carbonyl (C=O) groups excluding carboxylic acids is 3. The third kappa shape index (κ3) is 3.04. The highest BCUT2D eigenvalue weighted by Crippen LogP contribution is 2.23. The molecule has 3 N–H and O–H groups in total. The van der Waals surface area contributed by atoms with Gasteiger partial charge in [0.2, 0.25) is 17.7 Å². The molecule has 1 atom stereocenters. The van der Waals surface area contributed by atoms with Gasteiger partial charge in [0.25, 0.3) is 0 Å². The molecule has 6 nitrogen and oxygen atoms in total. The van der Waals surface area contributed by atoms with Crippen LogP contribution in [0.4, 0.5) is 5.69 Å². The summed E-state index contributed by atoms with van der Waals surface area (Å²) in [5.41, 5.74) is 2.97. The Bertz CT molecular complexity index is 612. The number of hydrogen-bond donors (Lipinski definition) is 3. The van der Waals surface area contributed by atoms with Gasteiger partial charge in [-0.3, -0.25) is 14.4 Å². The smallest absolute Gasteiger partial charge is 0.242 e. The molecule has 2 aliphatic heterocycles. The van der Waals surface area contributed by atoms with Crippen LogP contribution in [0.2, 0.25) is 0 Å². The van der Waals surface area contributed by atoms with Gasteiger partial charge in [0.05, 0.1) is 6.42 Å². The first-order valence-electron chi connectivity index (χ1n) is 7.10. The minimum atomic E-state index is -0.389. The molecule has 1 aromatic carbocycles. The van der Waals surface area contributed by atoms with Crippen molar-refractivity contribution >= 4 is 23.4 Å². The maximum absolute atomic E-state index is 11.8. The summed E-state index contributed by atoms with van der Waals surface area (Å²) in [7, 11) is 0. The monoisotopic (exact) mass is 287 g/mol. The van der Waals surface area contributed by atoms with Crippen LogP contribution in [-0.2, 0) is 27.2 Å². The van der Waals surface area contributed by atoms with Gasteiger partial charge in [0.1, 0.15) is 6.04 Å². The fourth-order valence-electron chi connectivity index (χ4n) is 2.70. The Balaban J connectivity index is 1.50. The van der Waals surface area contributed by atoms with Crippen molar-refractivity contribution in [3.8, 4) is 0 Å². The number of carbonyl (C=O) groups is 3. The highest BCUT2D eigenvalue weighted by molar-refractivity contribution is 5.99. The summed E-state index contributed by atoms with van der Waals surface area (Å²) in [5, 5.41) is 8.27. The second kappa shape index (κ2) is 5.55. The molecule has 0 bridgehead atoms. The molecular formula is C15H17N3O3. The van der Waals surface area contributed by atoms with Crippen molar-refractivity contribution in [1.29, 1.82) is 0 Å². The Kier molecular flexibility index (Phi) is 3.60. The van der Waals surface area contributed by atoms with Crippen molar-refractivity contribution in [3.63, 3.8) is 0 Å². The molecule has 1 unspecified atom stereocenters. The van der Waals surface area contributed by atoms with Crippen LogP contribution < -0.4 is 16.0 Å². The lowest BCUT2D eigenvalue weighted by Crippen LogP contribution is -2.42. The van der Waals surface area contributed by atoms with Gasteiger partial charge in [-0.25, -0.2) is 0 Å². The molecular weight excluding hydrogens is 270 g/mol. The predicted octanol–water partition coefficient (Wildman–Crippen LogP) is 0.118. The summed E-state index contributed by atoms with van der Waals surface area (Å²) >= 11 is 0. The zero-order valence-corrected chi connectivity index (χ0v) is 11.6. The summed E-state index contributed by atoms with van der Waals surface area (Å²) in [6.45, 7) is 0.519. The van der Waals surface area contributed by atoms with E-state index in [4.69, 9.17) is 0 Å². The van der Waals surface area contributed by atoms with Gasteiger partial charge in [-0.2, -0.15) is 0 Å². The van der Waals surface area contributed by atoms with E-state index in [1.807, 2.05) is 18.2 Å². The molecule has 3 amide bonds. The number of nitrogens with one attached hydrogen (secondary N) is 3. The largest absolute Gasteiger partial charge is 0.354 e. The number of amides is 3. The van der Waals surface area contributed by atoms with E-state index in [0.717, 1.165) is 16.8 Å². The van der Waals surface area contributed by atoms with Gasteiger partial charge in [-0.05, 0) is 30.0 Å². The van der Waals surface area contributed by atoms with E-state index in [1.165, 1.54) is 0 Å². The normalized spacial score (nSPS) is 19.9. The number of rotatable bonds is 4. The van der Waals surface area contributed by atoms with E-state index in [-0.39, 0.29) is 23.8 Å². The van der Waals surface area contributed by atoms with Crippen molar-refractivity contribution in [3.05, 3.63) is 29.3 Å². The number of benzene rings is 1. The topological polar surface area (TPSA) is 87.3 Å². The third-order valence-electron chi connectivity index (χ3n) is 3.82. The first kappa shape index (κ1) is 13.6. The molecule has 2 aliphatic rings. The molecule has 0 radical (unpaired) electrons. The van der Waals surface area contributed by atoms with E-state index in [0.29, 0.717) is 32.2 Å². The summed E-state index contributed by atoms with van der Waals surface area (Å²) in [4.78, 5) is 34.2. The molecule has 1 saturated heterocycles. The molecule has 0 saturated carbocycles. The molecule has 0 aliphatic carbocycles. The fourth-order valence-corrected chi connectivity index (χ4v) is 2.70. The number of fused-ring (bicyclic) bond motifs is 1. The van der Waals surface area contributed by atoms with Gasteiger partial charge in [0, 0.05) is 18.7 Å². The van der Waals surface area contributed by atoms with Gasteiger partial charge in [-0.15, -0.1) is 0 Å². The van der Waals surface area contributed by atoms with E-state index < -0.39 is 0 Å². The van der Waals surface area contributed by atoms with E-state index in [1.54, 1.807) is 0 Å². The second-order valence-corrected chi connectivity index (χ2v) is 5.42. The zero-order chi connectivity index (χ0) is 14.8. The van der Waals surface area contributed by atoms with Crippen molar-refractivity contribution < 1.29 is 14.4 Å². The first-order valence-corrected chi connectivity index (χ1v) is 7.10. The molecule has 21 heavy (non-hydrogen) atoms. The van der Waals surface area contributed by atoms with Crippen LogP contribution in [0.15, 0.2) is 18.2 Å². The molecule has 3 rings (SSSR count).